The first kappa shape index (κ1) is 23.7. The quantitative estimate of drug-likeness (QED) is 0.0817. The van der Waals surface area contributed by atoms with Crippen LogP contribution in [0, 0.1) is 40.4 Å². The summed E-state index contributed by atoms with van der Waals surface area (Å²) in [5.74, 6) is -9.93. The Bertz CT molecular complexity index is 1030. The molecule has 1 unspecified atom stereocenters. The summed E-state index contributed by atoms with van der Waals surface area (Å²) in [7, 11) is 0. The number of carbonyl (C=O) groups excluding carboxylic acids is 2. The van der Waals surface area contributed by atoms with Crippen molar-refractivity contribution >= 4 is 29.3 Å². The highest BCUT2D eigenvalue weighted by molar-refractivity contribution is 6.20. The van der Waals surface area contributed by atoms with Crippen LogP contribution in [-0.2, 0) is 9.53 Å². The third-order valence-corrected chi connectivity index (χ3v) is 4.35. The largest absolute Gasteiger partial charge is 0.465 e. The second-order valence-electron chi connectivity index (χ2n) is 6.52. The van der Waals surface area contributed by atoms with Gasteiger partial charge in [0.15, 0.2) is 17.5 Å². The molecule has 0 heterocycles. The minimum Gasteiger partial charge on any atom is -0.465 e. The normalized spacial score (nSPS) is 12.0. The number of carbonyl (C=O) groups is 2. The first-order chi connectivity index (χ1) is 14.7. The Kier molecular flexibility index (Phi) is 8.00. The Morgan fingerprint density at radius 2 is 1.81 bits per heavy atom. The highest BCUT2D eigenvalue weighted by Crippen LogP contribution is 2.32. The lowest BCUT2D eigenvalue weighted by Crippen LogP contribution is -2.30. The van der Waals surface area contributed by atoms with Gasteiger partial charge in [-0.2, -0.15) is 4.39 Å². The molecule has 0 radical (unpaired) electrons. The summed E-state index contributed by atoms with van der Waals surface area (Å²) in [4.78, 5) is 39.3. The van der Waals surface area contributed by atoms with Crippen LogP contribution in [0.5, 0.6) is 0 Å². The number of halogens is 3. The Hall–Kier alpha value is -3.56. The van der Waals surface area contributed by atoms with Gasteiger partial charge in [-0.25, -0.2) is 8.78 Å². The highest BCUT2D eigenvalue weighted by atomic mass is 19.2. The average Bonchev–Trinajstić information content (AvgIpc) is 2.75. The number of nitro groups is 1. The lowest BCUT2D eigenvalue weighted by molar-refractivity contribution is -0.388. The minimum atomic E-state index is -2.00. The van der Waals surface area contributed by atoms with E-state index in [1.807, 2.05) is 6.92 Å². The number of benzene rings is 2. The number of ketones is 1. The van der Waals surface area contributed by atoms with Gasteiger partial charge >= 0.3 is 11.7 Å². The molecule has 0 aliphatic carbocycles. The summed E-state index contributed by atoms with van der Waals surface area (Å²) in [5.41, 5.74) is -3.63. The molecule has 0 saturated heterocycles. The van der Waals surface area contributed by atoms with Crippen LogP contribution in [0.3, 0.4) is 0 Å². The van der Waals surface area contributed by atoms with E-state index in [1.54, 1.807) is 30.3 Å². The SMILES string of the molecule is CCCCOC(=O)C(C=Nc1ccccc1)C(=O)c1c(F)c(C)c(F)c(F)c1[N+](=O)[O-]. The maximum Gasteiger partial charge on any atom is 0.322 e. The van der Waals surface area contributed by atoms with Gasteiger partial charge < -0.3 is 4.74 Å². The zero-order chi connectivity index (χ0) is 23.1. The van der Waals surface area contributed by atoms with Crippen molar-refractivity contribution in [1.82, 2.24) is 0 Å². The summed E-state index contributed by atoms with van der Waals surface area (Å²) in [6.45, 7) is 2.59. The lowest BCUT2D eigenvalue weighted by Gasteiger charge is -2.13. The lowest BCUT2D eigenvalue weighted by atomic mass is 9.94. The van der Waals surface area contributed by atoms with Crippen molar-refractivity contribution in [3.05, 3.63) is 69.0 Å². The van der Waals surface area contributed by atoms with Crippen LogP contribution in [0.25, 0.3) is 0 Å². The molecule has 0 spiro atoms. The van der Waals surface area contributed by atoms with Crippen LogP contribution in [0.4, 0.5) is 24.5 Å². The van der Waals surface area contributed by atoms with E-state index in [9.17, 15) is 32.9 Å². The monoisotopic (exact) mass is 436 g/mol. The summed E-state index contributed by atoms with van der Waals surface area (Å²) in [6, 6.07) is 8.05. The molecule has 0 aliphatic rings. The molecule has 7 nitrogen and oxygen atoms in total. The third-order valence-electron chi connectivity index (χ3n) is 4.35. The number of nitro benzene ring substituents is 1. The molecular weight excluding hydrogens is 417 g/mol. The number of aliphatic imine (C=N–C) groups is 1. The molecule has 0 aromatic heterocycles. The number of para-hydroxylation sites is 1. The number of Topliss-reactive ketones (excluding diaryl/α,β-unsaturated/α-hetero) is 1. The fourth-order valence-corrected chi connectivity index (χ4v) is 2.64. The van der Waals surface area contributed by atoms with E-state index in [1.165, 1.54) is 0 Å². The molecule has 2 aromatic rings. The van der Waals surface area contributed by atoms with E-state index in [-0.39, 0.29) is 6.61 Å². The second kappa shape index (κ2) is 10.5. The van der Waals surface area contributed by atoms with Crippen molar-refractivity contribution in [2.75, 3.05) is 6.61 Å². The van der Waals surface area contributed by atoms with Gasteiger partial charge in [0.05, 0.1) is 17.2 Å². The van der Waals surface area contributed by atoms with Crippen molar-refractivity contribution in [3.63, 3.8) is 0 Å². The highest BCUT2D eigenvalue weighted by Gasteiger charge is 2.39. The molecule has 10 heteroatoms. The van der Waals surface area contributed by atoms with Crippen LogP contribution >= 0.6 is 0 Å². The van der Waals surface area contributed by atoms with Gasteiger partial charge in [-0.1, -0.05) is 31.5 Å². The van der Waals surface area contributed by atoms with E-state index in [2.05, 4.69) is 4.99 Å². The molecule has 164 valence electrons. The van der Waals surface area contributed by atoms with Gasteiger partial charge in [-0.3, -0.25) is 24.7 Å². The van der Waals surface area contributed by atoms with Gasteiger partial charge in [-0.05, 0) is 25.5 Å². The fraction of sp³-hybridized carbons (Fsp3) is 0.286. The number of nitrogens with zero attached hydrogens (tertiary/aromatic N) is 2. The fourth-order valence-electron chi connectivity index (χ4n) is 2.64. The molecule has 0 aliphatic heterocycles. The Morgan fingerprint density at radius 3 is 2.39 bits per heavy atom. The predicted molar refractivity (Wildman–Crippen MR) is 106 cm³/mol. The van der Waals surface area contributed by atoms with E-state index in [4.69, 9.17) is 4.74 Å². The van der Waals surface area contributed by atoms with Crippen LogP contribution < -0.4 is 0 Å². The maximum absolute atomic E-state index is 14.7. The second-order valence-corrected chi connectivity index (χ2v) is 6.52. The van der Waals surface area contributed by atoms with Gasteiger partial charge in [0.2, 0.25) is 5.82 Å². The van der Waals surface area contributed by atoms with E-state index in [0.29, 0.717) is 18.5 Å². The van der Waals surface area contributed by atoms with Crippen LogP contribution in [0.2, 0.25) is 0 Å². The number of esters is 1. The smallest absolute Gasteiger partial charge is 0.322 e. The van der Waals surface area contributed by atoms with Crippen molar-refractivity contribution in [2.45, 2.75) is 26.7 Å². The Labute approximate surface area is 175 Å². The molecule has 0 fully saturated rings. The van der Waals surface area contributed by atoms with Crippen molar-refractivity contribution in [3.8, 4) is 0 Å². The number of unbranched alkanes of at least 4 members (excludes halogenated alkanes) is 1. The van der Waals surface area contributed by atoms with Crippen molar-refractivity contribution in [2.24, 2.45) is 10.9 Å². The molecule has 31 heavy (non-hydrogen) atoms. The Morgan fingerprint density at radius 1 is 1.16 bits per heavy atom. The van der Waals surface area contributed by atoms with Crippen LogP contribution in [0.1, 0.15) is 35.7 Å². The van der Waals surface area contributed by atoms with Crippen LogP contribution in [0.15, 0.2) is 35.3 Å². The summed E-state index contributed by atoms with van der Waals surface area (Å²) in [5, 5.41) is 11.3. The van der Waals surface area contributed by atoms with E-state index >= 15 is 0 Å². The van der Waals surface area contributed by atoms with Crippen molar-refractivity contribution in [1.29, 1.82) is 0 Å². The van der Waals surface area contributed by atoms with Gasteiger partial charge in [0.25, 0.3) is 0 Å². The molecule has 1 atom stereocenters. The molecule has 0 amide bonds. The summed E-state index contributed by atoms with van der Waals surface area (Å²) in [6.07, 6.45) is 1.99. The molecule has 0 bridgehead atoms. The van der Waals surface area contributed by atoms with E-state index < -0.39 is 56.9 Å². The maximum atomic E-state index is 14.7. The molecule has 2 aromatic carbocycles. The number of rotatable bonds is 9. The Balaban J connectivity index is 2.58. The zero-order valence-corrected chi connectivity index (χ0v) is 16.7. The van der Waals surface area contributed by atoms with E-state index in [0.717, 1.165) is 13.1 Å². The summed E-state index contributed by atoms with van der Waals surface area (Å²) >= 11 is 0. The number of hydrogen-bond donors (Lipinski definition) is 0. The first-order valence-corrected chi connectivity index (χ1v) is 9.32. The van der Waals surface area contributed by atoms with Crippen molar-refractivity contribution < 1.29 is 32.4 Å². The molecular formula is C21H19F3N2O5. The van der Waals surface area contributed by atoms with Crippen LogP contribution in [-0.4, -0.2) is 29.5 Å². The minimum absolute atomic E-state index is 0.0559. The van der Waals surface area contributed by atoms with Gasteiger partial charge in [0, 0.05) is 11.8 Å². The molecule has 0 N–H and O–H groups in total. The average molecular weight is 436 g/mol. The zero-order valence-electron chi connectivity index (χ0n) is 16.7. The molecule has 2 rings (SSSR count). The molecule has 0 saturated carbocycles. The third kappa shape index (κ3) is 5.33. The topological polar surface area (TPSA) is 98.9 Å². The predicted octanol–water partition coefficient (Wildman–Crippen LogP) is 4.87. The number of hydrogen-bond acceptors (Lipinski definition) is 6. The summed E-state index contributed by atoms with van der Waals surface area (Å²) < 4.78 is 47.7. The first-order valence-electron chi connectivity index (χ1n) is 9.32. The standard InChI is InChI=1S/C21H19F3N2O5/c1-3-4-10-31-21(28)14(11-25-13-8-6-5-7-9-13)20(27)15-16(22)12(2)17(23)18(24)19(15)26(29)30/h5-9,11,14H,3-4,10H2,1-2H3. The number of ether oxygens (including phenoxy) is 1. The van der Waals surface area contributed by atoms with Gasteiger partial charge in [0.1, 0.15) is 11.4 Å². The van der Waals surface area contributed by atoms with Gasteiger partial charge in [-0.15, -0.1) is 0 Å².